The van der Waals surface area contributed by atoms with E-state index in [9.17, 15) is 14.9 Å². The van der Waals surface area contributed by atoms with Gasteiger partial charge in [-0.15, -0.1) is 10.2 Å². The fourth-order valence-electron chi connectivity index (χ4n) is 5.95. The van der Waals surface area contributed by atoms with Gasteiger partial charge in [0.15, 0.2) is 5.78 Å². The topological polar surface area (TPSA) is 118 Å². The molecule has 256 valence electrons. The third-order valence-corrected chi connectivity index (χ3v) is 12.8. The molecule has 4 aromatic carbocycles. The van der Waals surface area contributed by atoms with Crippen molar-refractivity contribution in [2.75, 3.05) is 0 Å². The SMILES string of the molecule is CCCC[C@H](NC(=O)O[C@H](Cc1nnc(-c2ccccc2)o1)C(C)(C)C)C(=O)C(C#N)=P(c1ccccc1)(c1ccccc1)c1ccccc1. The number of amides is 1. The Morgan fingerprint density at radius 2 is 1.32 bits per heavy atom. The molecule has 0 saturated carbocycles. The molecule has 0 aliphatic rings. The number of nitrogens with zero attached hydrogens (tertiary/aromatic N) is 3. The van der Waals surface area contributed by atoms with Gasteiger partial charge in [0.25, 0.3) is 0 Å². The predicted molar refractivity (Wildman–Crippen MR) is 200 cm³/mol. The van der Waals surface area contributed by atoms with Crippen LogP contribution in [0.25, 0.3) is 11.5 Å². The highest BCUT2D eigenvalue weighted by Gasteiger charge is 2.37. The zero-order valence-corrected chi connectivity index (χ0v) is 29.8. The summed E-state index contributed by atoms with van der Waals surface area (Å²) >= 11 is 0. The van der Waals surface area contributed by atoms with Gasteiger partial charge in [0, 0.05) is 5.56 Å². The molecule has 50 heavy (non-hydrogen) atoms. The number of hydrogen-bond donors (Lipinski definition) is 1. The van der Waals surface area contributed by atoms with E-state index in [0.717, 1.165) is 27.9 Å². The second-order valence-corrected chi connectivity index (χ2v) is 16.5. The molecule has 8 nitrogen and oxygen atoms in total. The number of Topliss-reactive ketones (excluding diaryl/α,β-unsaturated/α-hetero) is 1. The average Bonchev–Trinajstić information content (AvgIpc) is 3.61. The van der Waals surface area contributed by atoms with Crippen molar-refractivity contribution >= 4 is 40.0 Å². The van der Waals surface area contributed by atoms with Crippen LogP contribution in [-0.4, -0.2) is 39.5 Å². The largest absolute Gasteiger partial charge is 0.445 e. The van der Waals surface area contributed by atoms with Gasteiger partial charge in [-0.05, 0) is 46.8 Å². The van der Waals surface area contributed by atoms with Crippen LogP contribution >= 0.6 is 6.89 Å². The zero-order chi connectivity index (χ0) is 35.6. The minimum Gasteiger partial charge on any atom is -0.445 e. The standard InChI is InChI=1S/C41H43N4O4P/c1-5-6-27-34(43-40(47)48-36(41(2,3)4)28-37-44-45-39(49-37)30-19-11-7-12-20-30)38(46)35(29-42)50(31-21-13-8-14-22-31,32-23-15-9-16-24-32)33-25-17-10-18-26-33/h7-26,34,36H,5-6,27-28H2,1-4H3,(H,43,47)/t34-,36+/m0/s1. The quantitative estimate of drug-likeness (QED) is 0.130. The maximum atomic E-state index is 14.9. The molecule has 0 unspecified atom stereocenters. The lowest BCUT2D eigenvalue weighted by Gasteiger charge is -2.32. The molecule has 0 aliphatic heterocycles. The third-order valence-electron chi connectivity index (χ3n) is 8.62. The van der Waals surface area contributed by atoms with Gasteiger partial charge in [0.05, 0.1) is 12.5 Å². The van der Waals surface area contributed by atoms with Crippen molar-refractivity contribution in [2.45, 2.75) is 65.5 Å². The van der Waals surface area contributed by atoms with Crippen molar-refractivity contribution < 1.29 is 18.7 Å². The smallest absolute Gasteiger partial charge is 0.408 e. The number of ketones is 1. The number of benzene rings is 4. The highest BCUT2D eigenvalue weighted by Crippen LogP contribution is 2.46. The second-order valence-electron chi connectivity index (χ2n) is 13.2. The van der Waals surface area contributed by atoms with E-state index in [0.29, 0.717) is 24.6 Å². The van der Waals surface area contributed by atoms with E-state index in [4.69, 9.17) is 9.15 Å². The van der Waals surface area contributed by atoms with E-state index in [2.05, 4.69) is 21.6 Å². The van der Waals surface area contributed by atoms with Crippen LogP contribution in [0.1, 0.15) is 52.8 Å². The van der Waals surface area contributed by atoms with Crippen LogP contribution in [0.2, 0.25) is 0 Å². The molecule has 0 radical (unpaired) electrons. The molecule has 1 amide bonds. The molecule has 1 heterocycles. The minimum absolute atomic E-state index is 0.120. The maximum Gasteiger partial charge on any atom is 0.408 e. The van der Waals surface area contributed by atoms with Gasteiger partial charge in [-0.2, -0.15) is 5.26 Å². The van der Waals surface area contributed by atoms with Crippen LogP contribution in [0.15, 0.2) is 126 Å². The van der Waals surface area contributed by atoms with Crippen molar-refractivity contribution in [1.29, 1.82) is 5.26 Å². The summed E-state index contributed by atoms with van der Waals surface area (Å²) in [5, 5.41) is 25.0. The Kier molecular flexibility index (Phi) is 11.8. The molecule has 5 rings (SSSR count). The molecule has 0 fully saturated rings. The maximum absolute atomic E-state index is 14.9. The molecule has 0 aliphatic carbocycles. The molecule has 9 heteroatoms. The van der Waals surface area contributed by atoms with Crippen LogP contribution in [-0.2, 0) is 16.0 Å². The van der Waals surface area contributed by atoms with Gasteiger partial charge in [0.2, 0.25) is 11.8 Å². The summed E-state index contributed by atoms with van der Waals surface area (Å²) in [5.41, 5.74) is 0.291. The third kappa shape index (κ3) is 8.13. The van der Waals surface area contributed by atoms with Crippen molar-refractivity contribution in [2.24, 2.45) is 5.41 Å². The number of nitrogens with one attached hydrogen (secondary N) is 1. The van der Waals surface area contributed by atoms with Crippen LogP contribution < -0.4 is 21.2 Å². The predicted octanol–water partition coefficient (Wildman–Crippen LogP) is 7.24. The monoisotopic (exact) mass is 686 g/mol. The lowest BCUT2D eigenvalue weighted by Crippen LogP contribution is -2.47. The van der Waals surface area contributed by atoms with Crippen molar-refractivity contribution in [3.63, 3.8) is 0 Å². The number of alkyl carbamates (subject to hydrolysis) is 1. The highest BCUT2D eigenvalue weighted by molar-refractivity contribution is 7.97. The second kappa shape index (κ2) is 16.4. The first-order chi connectivity index (χ1) is 24.2. The number of aromatic nitrogens is 2. The summed E-state index contributed by atoms with van der Waals surface area (Å²) in [6.07, 6.45) is 0.586. The summed E-state index contributed by atoms with van der Waals surface area (Å²) < 4.78 is 12.0. The molecule has 5 aromatic rings. The Balaban J connectivity index is 1.53. The number of ether oxygens (including phenoxy) is 1. The van der Waals surface area contributed by atoms with E-state index < -0.39 is 36.3 Å². The minimum atomic E-state index is -2.99. The Labute approximate surface area is 294 Å². The van der Waals surface area contributed by atoms with Crippen molar-refractivity contribution in [3.05, 3.63) is 127 Å². The lowest BCUT2D eigenvalue weighted by atomic mass is 9.87. The van der Waals surface area contributed by atoms with Crippen LogP contribution in [0.5, 0.6) is 0 Å². The summed E-state index contributed by atoms with van der Waals surface area (Å²) in [6, 6.07) is 40.1. The fourth-order valence-corrected chi connectivity index (χ4v) is 10.1. The summed E-state index contributed by atoms with van der Waals surface area (Å²) in [4.78, 5) is 28.6. The Hall–Kier alpha value is -5.25. The molecule has 0 saturated heterocycles. The first kappa shape index (κ1) is 36.0. The van der Waals surface area contributed by atoms with Crippen molar-refractivity contribution in [3.8, 4) is 17.5 Å². The Bertz CT molecular complexity index is 1860. The van der Waals surface area contributed by atoms with Gasteiger partial charge >= 0.3 is 6.09 Å². The molecule has 2 atom stereocenters. The number of carbonyl (C=O) groups is 2. The lowest BCUT2D eigenvalue weighted by molar-refractivity contribution is -0.114. The fraction of sp³-hybridized carbons (Fsp3) is 0.268. The molecule has 0 bridgehead atoms. The van der Waals surface area contributed by atoms with Crippen LogP contribution in [0.3, 0.4) is 0 Å². The average molecular weight is 687 g/mol. The molecular formula is C41H43N4O4P. The van der Waals surface area contributed by atoms with Gasteiger partial charge in [-0.3, -0.25) is 4.79 Å². The Morgan fingerprint density at radius 3 is 1.78 bits per heavy atom. The molecule has 1 N–H and O–H groups in total. The van der Waals surface area contributed by atoms with Crippen molar-refractivity contribution in [1.82, 2.24) is 15.5 Å². The van der Waals surface area contributed by atoms with E-state index >= 15 is 0 Å². The van der Waals surface area contributed by atoms with E-state index in [-0.39, 0.29) is 11.7 Å². The first-order valence-corrected chi connectivity index (χ1v) is 18.7. The number of carbonyl (C=O) groups excluding carboxylic acids is 2. The Morgan fingerprint density at radius 1 is 0.820 bits per heavy atom. The highest BCUT2D eigenvalue weighted by atomic mass is 31.2. The number of hydrogen-bond acceptors (Lipinski definition) is 7. The van der Waals surface area contributed by atoms with Crippen LogP contribution in [0.4, 0.5) is 4.79 Å². The summed E-state index contributed by atoms with van der Waals surface area (Å²) in [6.45, 7) is 4.91. The number of rotatable bonds is 13. The molecular weight excluding hydrogens is 643 g/mol. The number of unbranched alkanes of at least 4 members (excludes halogenated alkanes) is 1. The molecule has 0 spiro atoms. The molecule has 1 aromatic heterocycles. The number of nitriles is 1. The summed E-state index contributed by atoms with van der Waals surface area (Å²) in [5.74, 6) is 0.294. The van der Waals surface area contributed by atoms with E-state index in [1.807, 2.05) is 149 Å². The van der Waals surface area contributed by atoms with E-state index in [1.165, 1.54) is 0 Å². The van der Waals surface area contributed by atoms with Gasteiger partial charge in [-0.25, -0.2) is 4.79 Å². The van der Waals surface area contributed by atoms with E-state index in [1.54, 1.807) is 0 Å². The first-order valence-electron chi connectivity index (χ1n) is 16.9. The van der Waals surface area contributed by atoms with Gasteiger partial charge < -0.3 is 14.5 Å². The van der Waals surface area contributed by atoms with Gasteiger partial charge in [-0.1, -0.05) is 150 Å². The zero-order valence-electron chi connectivity index (χ0n) is 29.0. The summed E-state index contributed by atoms with van der Waals surface area (Å²) in [7, 11) is 0. The van der Waals surface area contributed by atoms with Crippen LogP contribution in [0, 0.1) is 16.7 Å². The van der Waals surface area contributed by atoms with Gasteiger partial charge in [0.1, 0.15) is 17.5 Å². The normalized spacial score (nSPS) is 12.7.